The van der Waals surface area contributed by atoms with Crippen molar-refractivity contribution in [2.24, 2.45) is 0 Å². The van der Waals surface area contributed by atoms with Crippen LogP contribution >= 0.6 is 11.6 Å². The Bertz CT molecular complexity index is 714. The fraction of sp³-hybridized carbons (Fsp3) is 0. The maximum absolute atomic E-state index is 12.2. The second-order valence-electron chi connectivity index (χ2n) is 3.96. The van der Waals surface area contributed by atoms with E-state index >= 15 is 0 Å². The molecule has 0 fully saturated rings. The zero-order valence-electron chi connectivity index (χ0n) is 9.91. The van der Waals surface area contributed by atoms with Crippen LogP contribution in [0.2, 0.25) is 5.02 Å². The van der Waals surface area contributed by atoms with E-state index in [0.29, 0.717) is 5.02 Å². The Morgan fingerprint density at radius 2 is 1.85 bits per heavy atom. The summed E-state index contributed by atoms with van der Waals surface area (Å²) >= 11 is 5.76. The van der Waals surface area contributed by atoms with E-state index in [1.165, 1.54) is 12.1 Å². The molecule has 2 aromatic rings. The van der Waals surface area contributed by atoms with Crippen LogP contribution < -0.4 is 0 Å². The van der Waals surface area contributed by atoms with Gasteiger partial charge < -0.3 is 10.2 Å². The SMILES string of the molecule is O=C(c1cccc(Cl)c1)c1cc(O)c(O)c([N+](=O)[O-])c1. The second kappa shape index (κ2) is 5.18. The normalized spacial score (nSPS) is 10.2. The quantitative estimate of drug-likeness (QED) is 0.392. The number of nitro benzene ring substituents is 1. The lowest BCUT2D eigenvalue weighted by atomic mass is 10.0. The van der Waals surface area contributed by atoms with Crippen LogP contribution in [0.5, 0.6) is 11.5 Å². The molecule has 102 valence electrons. The van der Waals surface area contributed by atoms with Gasteiger partial charge in [-0.1, -0.05) is 23.7 Å². The van der Waals surface area contributed by atoms with E-state index in [1.807, 2.05) is 0 Å². The average molecular weight is 294 g/mol. The number of hydrogen-bond donors (Lipinski definition) is 2. The maximum Gasteiger partial charge on any atom is 0.315 e. The van der Waals surface area contributed by atoms with Gasteiger partial charge in [-0.05, 0) is 18.2 Å². The molecule has 0 saturated heterocycles. The number of phenolic OH excluding ortho intramolecular Hbond substituents is 2. The number of nitrogens with zero attached hydrogens (tertiary/aromatic N) is 1. The van der Waals surface area contributed by atoms with Crippen molar-refractivity contribution < 1.29 is 19.9 Å². The predicted molar refractivity (Wildman–Crippen MR) is 71.3 cm³/mol. The van der Waals surface area contributed by atoms with Crippen LogP contribution in [0.15, 0.2) is 36.4 Å². The first-order valence-electron chi connectivity index (χ1n) is 5.41. The Hall–Kier alpha value is -2.60. The van der Waals surface area contributed by atoms with Crippen molar-refractivity contribution in [1.29, 1.82) is 0 Å². The van der Waals surface area contributed by atoms with Crippen molar-refractivity contribution in [3.63, 3.8) is 0 Å². The van der Waals surface area contributed by atoms with Gasteiger partial charge in [0.2, 0.25) is 5.75 Å². The molecule has 0 bridgehead atoms. The highest BCUT2D eigenvalue weighted by Crippen LogP contribution is 2.36. The first kappa shape index (κ1) is 13.8. The fourth-order valence-electron chi connectivity index (χ4n) is 1.67. The molecule has 0 atom stereocenters. The molecule has 0 saturated carbocycles. The van der Waals surface area contributed by atoms with Crippen LogP contribution in [0, 0.1) is 10.1 Å². The number of phenols is 2. The molecule has 7 heteroatoms. The lowest BCUT2D eigenvalue weighted by Crippen LogP contribution is -2.02. The lowest BCUT2D eigenvalue weighted by Gasteiger charge is -2.05. The molecule has 0 aromatic heterocycles. The molecule has 0 amide bonds. The van der Waals surface area contributed by atoms with Gasteiger partial charge in [0.1, 0.15) is 0 Å². The minimum Gasteiger partial charge on any atom is -0.504 e. The largest absolute Gasteiger partial charge is 0.504 e. The fourth-order valence-corrected chi connectivity index (χ4v) is 1.86. The maximum atomic E-state index is 12.2. The molecule has 2 N–H and O–H groups in total. The summed E-state index contributed by atoms with van der Waals surface area (Å²) in [6.07, 6.45) is 0. The summed E-state index contributed by atoms with van der Waals surface area (Å²) in [6, 6.07) is 7.90. The number of halogens is 1. The van der Waals surface area contributed by atoms with E-state index in [0.717, 1.165) is 12.1 Å². The van der Waals surface area contributed by atoms with Gasteiger partial charge >= 0.3 is 5.69 Å². The molecule has 0 aliphatic carbocycles. The summed E-state index contributed by atoms with van der Waals surface area (Å²) in [5, 5.41) is 29.9. The molecular weight excluding hydrogens is 286 g/mol. The summed E-state index contributed by atoms with van der Waals surface area (Å²) in [4.78, 5) is 22.0. The first-order chi connectivity index (χ1) is 9.40. The number of hydrogen-bond acceptors (Lipinski definition) is 5. The minimum atomic E-state index is -0.885. The molecular formula is C13H8ClNO5. The highest BCUT2D eigenvalue weighted by Gasteiger charge is 2.22. The Morgan fingerprint density at radius 3 is 2.45 bits per heavy atom. The third-order valence-electron chi connectivity index (χ3n) is 2.62. The number of rotatable bonds is 3. The number of benzene rings is 2. The van der Waals surface area contributed by atoms with Crippen molar-refractivity contribution in [3.05, 3.63) is 62.7 Å². The Morgan fingerprint density at radius 1 is 1.15 bits per heavy atom. The van der Waals surface area contributed by atoms with Crippen LogP contribution in [-0.4, -0.2) is 20.9 Å². The zero-order chi connectivity index (χ0) is 14.9. The van der Waals surface area contributed by atoms with E-state index in [2.05, 4.69) is 0 Å². The molecule has 6 nitrogen and oxygen atoms in total. The minimum absolute atomic E-state index is 0.116. The van der Waals surface area contributed by atoms with Gasteiger partial charge in [-0.2, -0.15) is 0 Å². The van der Waals surface area contributed by atoms with Gasteiger partial charge in [0.05, 0.1) is 4.92 Å². The summed E-state index contributed by atoms with van der Waals surface area (Å²) in [7, 11) is 0. The van der Waals surface area contributed by atoms with Crippen molar-refractivity contribution in [1.82, 2.24) is 0 Å². The number of carbonyl (C=O) groups is 1. The smallest absolute Gasteiger partial charge is 0.315 e. The monoisotopic (exact) mass is 293 g/mol. The van der Waals surface area contributed by atoms with Crippen LogP contribution in [0.4, 0.5) is 5.69 Å². The van der Waals surface area contributed by atoms with E-state index in [-0.39, 0.29) is 11.1 Å². The van der Waals surface area contributed by atoms with Crippen molar-refractivity contribution >= 4 is 23.1 Å². The highest BCUT2D eigenvalue weighted by molar-refractivity contribution is 6.31. The first-order valence-corrected chi connectivity index (χ1v) is 5.78. The molecule has 0 spiro atoms. The topological polar surface area (TPSA) is 101 Å². The van der Waals surface area contributed by atoms with Crippen LogP contribution in [0.1, 0.15) is 15.9 Å². The summed E-state index contributed by atoms with van der Waals surface area (Å²) < 4.78 is 0. The average Bonchev–Trinajstić information content (AvgIpc) is 2.40. The van der Waals surface area contributed by atoms with Crippen LogP contribution in [-0.2, 0) is 0 Å². The standard InChI is InChI=1S/C13H8ClNO5/c14-9-3-1-2-7(4-9)12(17)8-5-10(15(19)20)13(18)11(16)6-8/h1-6,16,18H. The number of carbonyl (C=O) groups excluding carboxylic acids is 1. The molecule has 0 aliphatic heterocycles. The van der Waals surface area contributed by atoms with Gasteiger partial charge in [0, 0.05) is 22.2 Å². The number of nitro groups is 1. The highest BCUT2D eigenvalue weighted by atomic mass is 35.5. The van der Waals surface area contributed by atoms with E-state index in [9.17, 15) is 25.1 Å². The number of ketones is 1. The zero-order valence-corrected chi connectivity index (χ0v) is 10.7. The number of aromatic hydroxyl groups is 2. The molecule has 0 unspecified atom stereocenters. The Labute approximate surface area is 118 Å². The summed E-state index contributed by atoms with van der Waals surface area (Å²) in [6.45, 7) is 0. The summed E-state index contributed by atoms with van der Waals surface area (Å²) in [5.74, 6) is -2.16. The molecule has 2 rings (SSSR count). The molecule has 2 aromatic carbocycles. The van der Waals surface area contributed by atoms with Gasteiger partial charge in [-0.3, -0.25) is 14.9 Å². The van der Waals surface area contributed by atoms with Gasteiger partial charge in [0.15, 0.2) is 11.5 Å². The van der Waals surface area contributed by atoms with Gasteiger partial charge in [0.25, 0.3) is 0 Å². The van der Waals surface area contributed by atoms with Gasteiger partial charge in [-0.15, -0.1) is 0 Å². The van der Waals surface area contributed by atoms with Crippen molar-refractivity contribution in [2.75, 3.05) is 0 Å². The Kier molecular flexibility index (Phi) is 3.58. The third kappa shape index (κ3) is 2.55. The third-order valence-corrected chi connectivity index (χ3v) is 2.85. The Balaban J connectivity index is 2.53. The molecule has 20 heavy (non-hydrogen) atoms. The predicted octanol–water partition coefficient (Wildman–Crippen LogP) is 2.89. The second-order valence-corrected chi connectivity index (χ2v) is 4.40. The van der Waals surface area contributed by atoms with E-state index in [4.69, 9.17) is 11.6 Å². The van der Waals surface area contributed by atoms with Crippen LogP contribution in [0.25, 0.3) is 0 Å². The molecule has 0 aliphatic rings. The van der Waals surface area contributed by atoms with Crippen LogP contribution in [0.3, 0.4) is 0 Å². The lowest BCUT2D eigenvalue weighted by molar-refractivity contribution is -0.386. The summed E-state index contributed by atoms with van der Waals surface area (Å²) in [5.41, 5.74) is -0.637. The van der Waals surface area contributed by atoms with E-state index in [1.54, 1.807) is 12.1 Å². The van der Waals surface area contributed by atoms with E-state index < -0.39 is 27.9 Å². The molecule has 0 radical (unpaired) electrons. The van der Waals surface area contributed by atoms with Crippen molar-refractivity contribution in [3.8, 4) is 11.5 Å². The molecule has 0 heterocycles. The van der Waals surface area contributed by atoms with Crippen molar-refractivity contribution in [2.45, 2.75) is 0 Å². The van der Waals surface area contributed by atoms with Gasteiger partial charge in [-0.25, -0.2) is 0 Å².